The minimum atomic E-state index is -1.56. The number of benzene rings is 1. The minimum Gasteiger partial charge on any atom is -0.481 e. The van der Waals surface area contributed by atoms with Gasteiger partial charge in [-0.25, -0.2) is 4.39 Å². The number of aliphatic hydroxyl groups is 1. The van der Waals surface area contributed by atoms with E-state index in [0.29, 0.717) is 0 Å². The molecule has 0 fully saturated rings. The molecule has 0 radical (unpaired) electrons. The van der Waals surface area contributed by atoms with Gasteiger partial charge in [0.2, 0.25) is 0 Å². The molecule has 0 saturated heterocycles. The van der Waals surface area contributed by atoms with Gasteiger partial charge in [0.25, 0.3) is 0 Å². The van der Waals surface area contributed by atoms with Gasteiger partial charge in [-0.3, -0.25) is 4.79 Å². The topological polar surface area (TPSA) is 83.5 Å². The molecule has 4 N–H and O–H groups in total. The first kappa shape index (κ1) is 12.6. The second-order valence-electron chi connectivity index (χ2n) is 3.54. The standard InChI is InChI=1S/C11H14FNO3/c12-9-4-2-1-3-8(9)11(7-13,5-6-14)10(15)16/h1-4,14H,5-7,13H2,(H,15,16). The molecule has 1 aromatic carbocycles. The van der Waals surface area contributed by atoms with Crippen molar-refractivity contribution < 1.29 is 19.4 Å². The second kappa shape index (κ2) is 5.05. The highest BCUT2D eigenvalue weighted by molar-refractivity contribution is 5.81. The third-order valence-electron chi connectivity index (χ3n) is 2.69. The van der Waals surface area contributed by atoms with Crippen LogP contribution in [0.25, 0.3) is 0 Å². The Morgan fingerprint density at radius 2 is 2.06 bits per heavy atom. The van der Waals surface area contributed by atoms with E-state index < -0.39 is 17.2 Å². The third kappa shape index (κ3) is 2.05. The fraction of sp³-hybridized carbons (Fsp3) is 0.364. The van der Waals surface area contributed by atoms with E-state index in [1.54, 1.807) is 6.07 Å². The number of carbonyl (C=O) groups is 1. The lowest BCUT2D eigenvalue weighted by atomic mass is 9.77. The van der Waals surface area contributed by atoms with Crippen molar-refractivity contribution in [1.29, 1.82) is 0 Å². The number of rotatable bonds is 5. The molecule has 88 valence electrons. The average molecular weight is 227 g/mol. The predicted molar refractivity (Wildman–Crippen MR) is 56.5 cm³/mol. The maximum absolute atomic E-state index is 13.6. The van der Waals surface area contributed by atoms with Crippen LogP contribution in [0.4, 0.5) is 4.39 Å². The monoisotopic (exact) mass is 227 g/mol. The molecule has 0 amide bonds. The van der Waals surface area contributed by atoms with E-state index in [1.165, 1.54) is 18.2 Å². The summed E-state index contributed by atoms with van der Waals surface area (Å²) in [6.45, 7) is -0.623. The van der Waals surface area contributed by atoms with Crippen LogP contribution in [0.2, 0.25) is 0 Å². The van der Waals surface area contributed by atoms with Crippen molar-refractivity contribution in [2.24, 2.45) is 5.73 Å². The summed E-state index contributed by atoms with van der Waals surface area (Å²) >= 11 is 0. The zero-order chi connectivity index (χ0) is 12.2. The van der Waals surface area contributed by atoms with Crippen LogP contribution in [0.1, 0.15) is 12.0 Å². The number of hydrogen-bond acceptors (Lipinski definition) is 3. The van der Waals surface area contributed by atoms with Crippen LogP contribution in [-0.4, -0.2) is 29.3 Å². The Hall–Kier alpha value is -1.46. The van der Waals surface area contributed by atoms with Gasteiger partial charge in [-0.1, -0.05) is 18.2 Å². The van der Waals surface area contributed by atoms with E-state index in [9.17, 15) is 14.3 Å². The second-order valence-corrected chi connectivity index (χ2v) is 3.54. The van der Waals surface area contributed by atoms with E-state index in [-0.39, 0.29) is 25.1 Å². The van der Waals surface area contributed by atoms with Gasteiger partial charge in [0, 0.05) is 18.7 Å². The Morgan fingerprint density at radius 3 is 2.50 bits per heavy atom. The Bertz CT molecular complexity index is 383. The van der Waals surface area contributed by atoms with E-state index in [1.807, 2.05) is 0 Å². The fourth-order valence-electron chi connectivity index (χ4n) is 1.70. The van der Waals surface area contributed by atoms with Gasteiger partial charge >= 0.3 is 5.97 Å². The minimum absolute atomic E-state index is 0.0130. The lowest BCUT2D eigenvalue weighted by molar-refractivity contribution is -0.144. The first-order valence-corrected chi connectivity index (χ1v) is 4.88. The van der Waals surface area contributed by atoms with Gasteiger partial charge in [-0.05, 0) is 12.5 Å². The molecule has 0 spiro atoms. The lowest BCUT2D eigenvalue weighted by Crippen LogP contribution is -2.44. The van der Waals surface area contributed by atoms with Gasteiger partial charge in [0.05, 0.1) is 0 Å². The zero-order valence-corrected chi connectivity index (χ0v) is 8.69. The van der Waals surface area contributed by atoms with Gasteiger partial charge in [-0.15, -0.1) is 0 Å². The molecule has 1 unspecified atom stereocenters. The molecule has 0 aromatic heterocycles. The number of carboxylic acid groups (broad SMARTS) is 1. The van der Waals surface area contributed by atoms with Gasteiger partial charge in [0.15, 0.2) is 0 Å². The van der Waals surface area contributed by atoms with Crippen LogP contribution >= 0.6 is 0 Å². The van der Waals surface area contributed by atoms with E-state index in [4.69, 9.17) is 10.8 Å². The Labute approximate surface area is 92.5 Å². The molecule has 1 atom stereocenters. The molecule has 0 saturated carbocycles. The molecule has 4 nitrogen and oxygen atoms in total. The molecule has 1 aromatic rings. The number of nitrogens with two attached hydrogens (primary N) is 1. The highest BCUT2D eigenvalue weighted by Gasteiger charge is 2.40. The van der Waals surface area contributed by atoms with Crippen molar-refractivity contribution >= 4 is 5.97 Å². The average Bonchev–Trinajstić information content (AvgIpc) is 2.26. The van der Waals surface area contributed by atoms with Crippen LogP contribution in [0.3, 0.4) is 0 Å². The molecule has 0 bridgehead atoms. The summed E-state index contributed by atoms with van der Waals surface area (Å²) in [6, 6.07) is 5.58. The van der Waals surface area contributed by atoms with Crippen LogP contribution < -0.4 is 5.73 Å². The molecule has 0 heterocycles. The van der Waals surface area contributed by atoms with Crippen molar-refractivity contribution in [3.63, 3.8) is 0 Å². The quantitative estimate of drug-likeness (QED) is 0.683. The number of carboxylic acids is 1. The molecular weight excluding hydrogens is 213 g/mol. The summed E-state index contributed by atoms with van der Waals surface area (Å²) in [4.78, 5) is 11.2. The van der Waals surface area contributed by atoms with Crippen LogP contribution in [0.5, 0.6) is 0 Å². The zero-order valence-electron chi connectivity index (χ0n) is 8.69. The Morgan fingerprint density at radius 1 is 1.44 bits per heavy atom. The van der Waals surface area contributed by atoms with Gasteiger partial charge < -0.3 is 15.9 Å². The summed E-state index contributed by atoms with van der Waals surface area (Å²) in [6.07, 6.45) is -0.111. The first-order chi connectivity index (χ1) is 7.58. The van der Waals surface area contributed by atoms with Gasteiger partial charge in [0.1, 0.15) is 11.2 Å². The first-order valence-electron chi connectivity index (χ1n) is 4.88. The summed E-state index contributed by atoms with van der Waals surface area (Å²) in [5, 5.41) is 18.1. The lowest BCUT2D eigenvalue weighted by Gasteiger charge is -2.27. The smallest absolute Gasteiger partial charge is 0.315 e. The molecule has 0 aliphatic heterocycles. The Kier molecular flexibility index (Phi) is 3.98. The van der Waals surface area contributed by atoms with Crippen molar-refractivity contribution in [3.8, 4) is 0 Å². The maximum atomic E-state index is 13.6. The number of halogens is 1. The molecular formula is C11H14FNO3. The van der Waals surface area contributed by atoms with Crippen LogP contribution in [-0.2, 0) is 10.2 Å². The summed E-state index contributed by atoms with van der Waals surface area (Å²) in [7, 11) is 0. The van der Waals surface area contributed by atoms with Crippen molar-refractivity contribution in [2.75, 3.05) is 13.2 Å². The molecule has 0 aliphatic carbocycles. The Balaban J connectivity index is 3.30. The highest BCUT2D eigenvalue weighted by atomic mass is 19.1. The highest BCUT2D eigenvalue weighted by Crippen LogP contribution is 2.29. The molecule has 16 heavy (non-hydrogen) atoms. The third-order valence-corrected chi connectivity index (χ3v) is 2.69. The van der Waals surface area contributed by atoms with Crippen molar-refractivity contribution in [2.45, 2.75) is 11.8 Å². The van der Waals surface area contributed by atoms with E-state index >= 15 is 0 Å². The normalized spacial score (nSPS) is 14.4. The number of aliphatic carboxylic acids is 1. The SMILES string of the molecule is NCC(CCO)(C(=O)O)c1ccccc1F. The van der Waals surface area contributed by atoms with Crippen molar-refractivity contribution in [1.82, 2.24) is 0 Å². The maximum Gasteiger partial charge on any atom is 0.315 e. The fourth-order valence-corrected chi connectivity index (χ4v) is 1.70. The van der Waals surface area contributed by atoms with Crippen LogP contribution in [0.15, 0.2) is 24.3 Å². The summed E-state index contributed by atoms with van der Waals surface area (Å²) < 4.78 is 13.6. The largest absolute Gasteiger partial charge is 0.481 e. The number of aliphatic hydroxyl groups excluding tert-OH is 1. The van der Waals surface area contributed by atoms with Crippen LogP contribution in [0, 0.1) is 5.82 Å². The molecule has 1 rings (SSSR count). The van der Waals surface area contributed by atoms with E-state index in [0.717, 1.165) is 0 Å². The molecule has 5 heteroatoms. The van der Waals surface area contributed by atoms with E-state index in [2.05, 4.69) is 0 Å². The number of hydrogen-bond donors (Lipinski definition) is 3. The summed E-state index contributed by atoms with van der Waals surface area (Å²) in [5.74, 6) is -1.85. The molecule has 0 aliphatic rings. The van der Waals surface area contributed by atoms with Crippen molar-refractivity contribution in [3.05, 3.63) is 35.6 Å². The summed E-state index contributed by atoms with van der Waals surface area (Å²) in [5.41, 5.74) is 3.89. The van der Waals surface area contributed by atoms with Gasteiger partial charge in [-0.2, -0.15) is 0 Å². The predicted octanol–water partition coefficient (Wildman–Crippen LogP) is 0.489.